The highest BCUT2D eigenvalue weighted by molar-refractivity contribution is 7.99. The maximum atomic E-state index is 14.1. The van der Waals surface area contributed by atoms with Crippen LogP contribution in [0, 0.1) is 0 Å². The van der Waals surface area contributed by atoms with Gasteiger partial charge in [0.1, 0.15) is 5.76 Å². The molecule has 1 aliphatic rings. The molecule has 6 rings (SSSR count). The second-order valence-corrected chi connectivity index (χ2v) is 12.4. The van der Waals surface area contributed by atoms with Gasteiger partial charge in [-0.1, -0.05) is 110 Å². The molecule has 0 radical (unpaired) electrons. The summed E-state index contributed by atoms with van der Waals surface area (Å²) in [7, 11) is 0. The summed E-state index contributed by atoms with van der Waals surface area (Å²) in [5.41, 5.74) is 3.35. The van der Waals surface area contributed by atoms with Crippen molar-refractivity contribution in [2.24, 2.45) is 4.99 Å². The van der Waals surface area contributed by atoms with Crippen molar-refractivity contribution in [1.82, 2.24) is 4.57 Å². The van der Waals surface area contributed by atoms with Gasteiger partial charge in [0.2, 0.25) is 0 Å². The summed E-state index contributed by atoms with van der Waals surface area (Å²) in [5, 5.41) is 0.726. The van der Waals surface area contributed by atoms with Crippen LogP contribution in [0.1, 0.15) is 55.2 Å². The van der Waals surface area contributed by atoms with Crippen molar-refractivity contribution in [2.45, 2.75) is 42.7 Å². The Kier molecular flexibility index (Phi) is 8.31. The maximum absolute atomic E-state index is 14.1. The van der Waals surface area contributed by atoms with E-state index in [4.69, 9.17) is 14.1 Å². The van der Waals surface area contributed by atoms with Crippen LogP contribution in [0.25, 0.3) is 11.8 Å². The third-order valence-corrected chi connectivity index (χ3v) is 9.04. The standard InChI is InChI=1S/C35H30N2O4S2/c1-4-40-34(39)30-31(24-11-7-5-8-12-24)36-35-37(32(30)25-17-15-23(16-18-25)22(2)3)33(38)28(43-35)21-26-19-20-29(41-26)42-27-13-9-6-10-14-27/h5-22,32H,4H2,1-3H3/b28-21+/t32-/m1/s1. The molecule has 1 atom stereocenters. The van der Waals surface area contributed by atoms with Crippen LogP contribution < -0.4 is 14.9 Å². The number of carbonyl (C=O) groups excluding carboxylic acids is 1. The molecule has 0 N–H and O–H groups in total. The minimum absolute atomic E-state index is 0.204. The molecule has 0 fully saturated rings. The molecular formula is C35H30N2O4S2. The minimum Gasteiger partial charge on any atom is -0.463 e. The first-order chi connectivity index (χ1) is 20.9. The van der Waals surface area contributed by atoms with Crippen molar-refractivity contribution in [3.8, 4) is 0 Å². The topological polar surface area (TPSA) is 73.8 Å². The zero-order valence-electron chi connectivity index (χ0n) is 24.0. The molecule has 0 saturated heterocycles. The van der Waals surface area contributed by atoms with E-state index in [1.807, 2.05) is 84.9 Å². The van der Waals surface area contributed by atoms with Crippen LogP contribution in [-0.4, -0.2) is 17.1 Å². The Morgan fingerprint density at radius 3 is 2.37 bits per heavy atom. The lowest BCUT2D eigenvalue weighted by Gasteiger charge is -2.26. The summed E-state index contributed by atoms with van der Waals surface area (Å²) in [4.78, 5) is 34.2. The van der Waals surface area contributed by atoms with Crippen LogP contribution in [0.15, 0.2) is 127 Å². The van der Waals surface area contributed by atoms with Crippen LogP contribution in [0.2, 0.25) is 0 Å². The van der Waals surface area contributed by atoms with Crippen LogP contribution in [0.3, 0.4) is 0 Å². The van der Waals surface area contributed by atoms with Crippen molar-refractivity contribution in [3.05, 3.63) is 145 Å². The summed E-state index contributed by atoms with van der Waals surface area (Å²) in [6, 6.07) is 30.7. The van der Waals surface area contributed by atoms with Gasteiger partial charge in [0.15, 0.2) is 9.89 Å². The molecule has 3 heterocycles. The van der Waals surface area contributed by atoms with Crippen molar-refractivity contribution in [1.29, 1.82) is 0 Å². The molecule has 0 aliphatic carbocycles. The van der Waals surface area contributed by atoms with Crippen LogP contribution in [0.4, 0.5) is 0 Å². The first-order valence-electron chi connectivity index (χ1n) is 14.1. The first kappa shape index (κ1) is 28.7. The fourth-order valence-electron chi connectivity index (χ4n) is 5.02. The maximum Gasteiger partial charge on any atom is 0.338 e. The summed E-state index contributed by atoms with van der Waals surface area (Å²) in [5.74, 6) is 0.412. The molecule has 0 unspecified atom stereocenters. The van der Waals surface area contributed by atoms with Gasteiger partial charge in [0.05, 0.1) is 28.5 Å². The van der Waals surface area contributed by atoms with E-state index in [0.717, 1.165) is 21.1 Å². The van der Waals surface area contributed by atoms with E-state index >= 15 is 0 Å². The minimum atomic E-state index is -0.713. The Bertz CT molecular complexity index is 1970. The van der Waals surface area contributed by atoms with Gasteiger partial charge in [-0.05, 0) is 48.2 Å². The molecule has 8 heteroatoms. The number of thiazole rings is 1. The Hall–Kier alpha value is -4.40. The SMILES string of the molecule is CCOC(=O)C1=C(c2ccccc2)N=c2s/c(=C/c3ccc(Sc4ccccc4)o3)c(=O)n2[C@@H]1c1ccc(C(C)C)cc1. The molecular weight excluding hydrogens is 577 g/mol. The average Bonchev–Trinajstić information content (AvgIpc) is 3.60. The number of rotatable bonds is 8. The van der Waals surface area contributed by atoms with Crippen LogP contribution in [-0.2, 0) is 9.53 Å². The predicted octanol–water partition coefficient (Wildman–Crippen LogP) is 6.80. The first-order valence-corrected chi connectivity index (χ1v) is 15.8. The monoisotopic (exact) mass is 606 g/mol. The molecule has 6 nitrogen and oxygen atoms in total. The van der Waals surface area contributed by atoms with Crippen molar-refractivity contribution in [3.63, 3.8) is 0 Å². The number of hydrogen-bond donors (Lipinski definition) is 0. The zero-order valence-corrected chi connectivity index (χ0v) is 25.7. The van der Waals surface area contributed by atoms with Gasteiger partial charge in [0, 0.05) is 16.5 Å². The number of benzene rings is 3. The normalized spacial score (nSPS) is 15.0. The molecule has 0 saturated carbocycles. The van der Waals surface area contributed by atoms with E-state index in [1.165, 1.54) is 28.7 Å². The Morgan fingerprint density at radius 1 is 1.00 bits per heavy atom. The number of ether oxygens (including phenoxy) is 1. The van der Waals surface area contributed by atoms with Crippen LogP contribution >= 0.6 is 23.1 Å². The second-order valence-electron chi connectivity index (χ2n) is 10.3. The van der Waals surface area contributed by atoms with Gasteiger partial charge in [-0.2, -0.15) is 0 Å². The number of esters is 1. The number of aromatic nitrogens is 1. The summed E-state index contributed by atoms with van der Waals surface area (Å²) in [6.07, 6.45) is 1.74. The van der Waals surface area contributed by atoms with E-state index < -0.39 is 12.0 Å². The lowest BCUT2D eigenvalue weighted by atomic mass is 9.91. The molecule has 2 aromatic heterocycles. The van der Waals surface area contributed by atoms with Gasteiger partial charge >= 0.3 is 5.97 Å². The lowest BCUT2D eigenvalue weighted by Crippen LogP contribution is -2.40. The quantitative estimate of drug-likeness (QED) is 0.182. The van der Waals surface area contributed by atoms with Crippen molar-refractivity contribution in [2.75, 3.05) is 6.61 Å². The molecule has 0 spiro atoms. The van der Waals surface area contributed by atoms with E-state index in [0.29, 0.717) is 32.3 Å². The molecule has 43 heavy (non-hydrogen) atoms. The average molecular weight is 607 g/mol. The van der Waals surface area contributed by atoms with Crippen molar-refractivity contribution < 1.29 is 13.9 Å². The Balaban J connectivity index is 1.52. The fraction of sp³-hybridized carbons (Fsp3) is 0.171. The van der Waals surface area contributed by atoms with E-state index in [9.17, 15) is 9.59 Å². The van der Waals surface area contributed by atoms with E-state index in [2.05, 4.69) is 26.0 Å². The molecule has 0 bridgehead atoms. The summed E-state index contributed by atoms with van der Waals surface area (Å²) in [6.45, 7) is 6.24. The second kappa shape index (κ2) is 12.5. The molecule has 5 aromatic rings. The zero-order chi connectivity index (χ0) is 29.9. The van der Waals surface area contributed by atoms with Crippen LogP contribution in [0.5, 0.6) is 0 Å². The molecule has 0 amide bonds. The predicted molar refractivity (Wildman–Crippen MR) is 171 cm³/mol. The van der Waals surface area contributed by atoms with Gasteiger partial charge < -0.3 is 9.15 Å². The number of hydrogen-bond acceptors (Lipinski definition) is 7. The summed E-state index contributed by atoms with van der Waals surface area (Å²) >= 11 is 2.79. The molecule has 1 aliphatic heterocycles. The Labute approximate surface area is 257 Å². The highest BCUT2D eigenvalue weighted by atomic mass is 32.2. The van der Waals surface area contributed by atoms with Gasteiger partial charge in [-0.15, -0.1) is 0 Å². The van der Waals surface area contributed by atoms with Gasteiger partial charge in [0.25, 0.3) is 5.56 Å². The number of furan rings is 1. The van der Waals surface area contributed by atoms with Gasteiger partial charge in [-0.25, -0.2) is 9.79 Å². The molecule has 3 aromatic carbocycles. The van der Waals surface area contributed by atoms with E-state index in [-0.39, 0.29) is 12.2 Å². The third kappa shape index (κ3) is 5.94. The Morgan fingerprint density at radius 2 is 1.70 bits per heavy atom. The molecule has 216 valence electrons. The number of nitrogens with zero attached hydrogens (tertiary/aromatic N) is 2. The highest BCUT2D eigenvalue weighted by Crippen LogP contribution is 2.36. The van der Waals surface area contributed by atoms with Crippen molar-refractivity contribution >= 4 is 40.8 Å². The fourth-order valence-corrected chi connectivity index (χ4v) is 6.80. The number of fused-ring (bicyclic) bond motifs is 1. The smallest absolute Gasteiger partial charge is 0.338 e. The number of carbonyl (C=O) groups is 1. The van der Waals surface area contributed by atoms with E-state index in [1.54, 1.807) is 17.6 Å². The highest BCUT2D eigenvalue weighted by Gasteiger charge is 2.35. The summed E-state index contributed by atoms with van der Waals surface area (Å²) < 4.78 is 13.7. The lowest BCUT2D eigenvalue weighted by molar-refractivity contribution is -0.138. The van der Waals surface area contributed by atoms with Gasteiger partial charge in [-0.3, -0.25) is 9.36 Å². The largest absolute Gasteiger partial charge is 0.463 e. The third-order valence-electron chi connectivity index (χ3n) is 7.13.